The molecule has 0 spiro atoms. The Bertz CT molecular complexity index is 575. The van der Waals surface area contributed by atoms with Crippen LogP contribution in [0.4, 0.5) is 0 Å². The fourth-order valence-electron chi connectivity index (χ4n) is 2.76. The van der Waals surface area contributed by atoms with Crippen LogP contribution in [-0.2, 0) is 6.54 Å². The largest absolute Gasteiger partial charge is 0.496 e. The summed E-state index contributed by atoms with van der Waals surface area (Å²) in [6.07, 6.45) is 2.37. The van der Waals surface area contributed by atoms with E-state index in [2.05, 4.69) is 33.9 Å². The number of para-hydroxylation sites is 1. The van der Waals surface area contributed by atoms with Gasteiger partial charge in [-0.1, -0.05) is 18.2 Å². The van der Waals surface area contributed by atoms with Crippen molar-refractivity contribution in [2.45, 2.75) is 38.3 Å². The first kappa shape index (κ1) is 13.6. The molecule has 1 aliphatic carbocycles. The summed E-state index contributed by atoms with van der Waals surface area (Å²) >= 11 is 1.74. The van der Waals surface area contributed by atoms with E-state index < -0.39 is 0 Å². The molecule has 3 rings (SSSR count). The van der Waals surface area contributed by atoms with Crippen LogP contribution < -0.4 is 10.1 Å². The molecule has 1 aromatic heterocycles. The van der Waals surface area contributed by atoms with Gasteiger partial charge in [-0.15, -0.1) is 11.3 Å². The van der Waals surface area contributed by atoms with E-state index in [1.165, 1.54) is 23.4 Å². The van der Waals surface area contributed by atoms with Crippen LogP contribution in [0.5, 0.6) is 5.75 Å². The summed E-state index contributed by atoms with van der Waals surface area (Å²) in [6.45, 7) is 2.93. The van der Waals surface area contributed by atoms with Gasteiger partial charge in [0.25, 0.3) is 0 Å². The smallest absolute Gasteiger partial charge is 0.122 e. The number of hydrogen-bond donors (Lipinski definition) is 1. The number of benzene rings is 1. The van der Waals surface area contributed by atoms with E-state index in [0.717, 1.165) is 18.0 Å². The van der Waals surface area contributed by atoms with E-state index in [1.807, 2.05) is 13.0 Å². The van der Waals surface area contributed by atoms with Gasteiger partial charge in [-0.3, -0.25) is 0 Å². The molecule has 3 nitrogen and oxygen atoms in total. The van der Waals surface area contributed by atoms with Gasteiger partial charge in [-0.2, -0.15) is 0 Å². The summed E-state index contributed by atoms with van der Waals surface area (Å²) in [4.78, 5) is 4.48. The van der Waals surface area contributed by atoms with E-state index >= 15 is 0 Å². The average molecular weight is 288 g/mol. The summed E-state index contributed by atoms with van der Waals surface area (Å²) in [5.74, 6) is 1.65. The highest BCUT2D eigenvalue weighted by Crippen LogP contribution is 2.41. The molecule has 0 atom stereocenters. The molecule has 1 saturated carbocycles. The first-order valence-electron chi connectivity index (χ1n) is 7.03. The van der Waals surface area contributed by atoms with Crippen molar-refractivity contribution >= 4 is 11.3 Å². The minimum absolute atomic E-state index is 0.606. The molecule has 0 unspecified atom stereocenters. The molecule has 106 valence electrons. The van der Waals surface area contributed by atoms with Gasteiger partial charge in [0.15, 0.2) is 0 Å². The lowest BCUT2D eigenvalue weighted by atomic mass is 9.75. The van der Waals surface area contributed by atoms with Gasteiger partial charge in [0.1, 0.15) is 10.8 Å². The molecular formula is C16H20N2OS. The van der Waals surface area contributed by atoms with Crippen LogP contribution in [0.2, 0.25) is 0 Å². The first-order chi connectivity index (χ1) is 9.76. The van der Waals surface area contributed by atoms with Crippen LogP contribution in [0.1, 0.15) is 35.0 Å². The molecule has 4 heteroatoms. The second-order valence-corrected chi connectivity index (χ2v) is 6.31. The average Bonchev–Trinajstić information content (AvgIpc) is 2.83. The maximum Gasteiger partial charge on any atom is 0.122 e. The van der Waals surface area contributed by atoms with E-state index in [1.54, 1.807) is 18.4 Å². The quantitative estimate of drug-likeness (QED) is 0.914. The number of thiazole rings is 1. The molecule has 20 heavy (non-hydrogen) atoms. The minimum Gasteiger partial charge on any atom is -0.496 e. The normalized spacial score (nSPS) is 21.5. The zero-order valence-corrected chi connectivity index (χ0v) is 12.7. The Balaban J connectivity index is 1.51. The molecular weight excluding hydrogens is 268 g/mol. The minimum atomic E-state index is 0.606. The third kappa shape index (κ3) is 2.86. The number of aryl methyl sites for hydroxylation is 1. The molecule has 1 aromatic carbocycles. The fourth-order valence-corrected chi connectivity index (χ4v) is 3.48. The second-order valence-electron chi connectivity index (χ2n) is 5.37. The lowest BCUT2D eigenvalue weighted by molar-refractivity contribution is 0.282. The lowest BCUT2D eigenvalue weighted by Crippen LogP contribution is -2.39. The molecule has 0 saturated heterocycles. The van der Waals surface area contributed by atoms with Gasteiger partial charge in [-0.05, 0) is 37.3 Å². The molecule has 0 amide bonds. The molecule has 1 heterocycles. The van der Waals surface area contributed by atoms with Crippen LogP contribution in [0.25, 0.3) is 0 Å². The third-order valence-corrected chi connectivity index (χ3v) is 4.89. The topological polar surface area (TPSA) is 34.1 Å². The summed E-state index contributed by atoms with van der Waals surface area (Å²) in [6, 6.07) is 8.96. The Morgan fingerprint density at radius 3 is 2.85 bits per heavy atom. The van der Waals surface area contributed by atoms with Crippen LogP contribution >= 0.6 is 11.3 Å². The number of methoxy groups -OCH3 is 1. The molecule has 0 aliphatic heterocycles. The summed E-state index contributed by atoms with van der Waals surface area (Å²) in [7, 11) is 1.75. The van der Waals surface area contributed by atoms with E-state index in [0.29, 0.717) is 12.0 Å². The Hall–Kier alpha value is -1.39. The fraction of sp³-hybridized carbons (Fsp3) is 0.438. The van der Waals surface area contributed by atoms with Crippen molar-refractivity contribution in [3.63, 3.8) is 0 Å². The summed E-state index contributed by atoms with van der Waals surface area (Å²) < 4.78 is 5.44. The van der Waals surface area contributed by atoms with Crippen molar-refractivity contribution in [2.24, 2.45) is 0 Å². The standard InChI is InChI=1S/C16H20N2OS/c1-11-10-20-16(18-11)9-17-13-7-12(8-13)14-5-3-4-6-15(14)19-2/h3-6,10,12-13,17H,7-9H2,1-2H3. The molecule has 1 aliphatic rings. The Morgan fingerprint density at radius 2 is 2.15 bits per heavy atom. The molecule has 1 fully saturated rings. The molecule has 0 bridgehead atoms. The Morgan fingerprint density at radius 1 is 1.35 bits per heavy atom. The maximum atomic E-state index is 5.44. The van der Waals surface area contributed by atoms with Crippen molar-refractivity contribution < 1.29 is 4.74 Å². The van der Waals surface area contributed by atoms with Crippen LogP contribution in [-0.4, -0.2) is 18.1 Å². The zero-order chi connectivity index (χ0) is 13.9. The highest BCUT2D eigenvalue weighted by atomic mass is 32.1. The lowest BCUT2D eigenvalue weighted by Gasteiger charge is -2.36. The van der Waals surface area contributed by atoms with E-state index in [-0.39, 0.29) is 0 Å². The van der Waals surface area contributed by atoms with Crippen molar-refractivity contribution in [3.8, 4) is 5.75 Å². The number of hydrogen-bond acceptors (Lipinski definition) is 4. The zero-order valence-electron chi connectivity index (χ0n) is 11.9. The van der Waals surface area contributed by atoms with E-state index in [9.17, 15) is 0 Å². The highest BCUT2D eigenvalue weighted by Gasteiger charge is 2.31. The van der Waals surface area contributed by atoms with Gasteiger partial charge >= 0.3 is 0 Å². The van der Waals surface area contributed by atoms with Crippen molar-refractivity contribution in [3.05, 3.63) is 45.9 Å². The van der Waals surface area contributed by atoms with Crippen LogP contribution in [0, 0.1) is 6.92 Å². The predicted octanol–water partition coefficient (Wildman–Crippen LogP) is 3.50. The number of ether oxygens (including phenoxy) is 1. The van der Waals surface area contributed by atoms with Gasteiger partial charge in [0, 0.05) is 23.7 Å². The number of aromatic nitrogens is 1. The number of nitrogens with one attached hydrogen (secondary N) is 1. The SMILES string of the molecule is COc1ccccc1C1CC(NCc2nc(C)cs2)C1. The summed E-state index contributed by atoms with van der Waals surface area (Å²) in [5.41, 5.74) is 2.46. The predicted molar refractivity (Wildman–Crippen MR) is 82.4 cm³/mol. The summed E-state index contributed by atoms with van der Waals surface area (Å²) in [5, 5.41) is 6.88. The van der Waals surface area contributed by atoms with Gasteiger partial charge < -0.3 is 10.1 Å². The van der Waals surface area contributed by atoms with Gasteiger partial charge in [0.2, 0.25) is 0 Å². The maximum absolute atomic E-state index is 5.44. The first-order valence-corrected chi connectivity index (χ1v) is 7.91. The third-order valence-electron chi connectivity index (χ3n) is 3.93. The second kappa shape index (κ2) is 5.94. The van der Waals surface area contributed by atoms with Crippen molar-refractivity contribution in [1.82, 2.24) is 10.3 Å². The Kier molecular flexibility index (Phi) is 4.03. The van der Waals surface area contributed by atoms with Crippen LogP contribution in [0.15, 0.2) is 29.6 Å². The van der Waals surface area contributed by atoms with Crippen LogP contribution in [0.3, 0.4) is 0 Å². The van der Waals surface area contributed by atoms with Gasteiger partial charge in [0.05, 0.1) is 7.11 Å². The van der Waals surface area contributed by atoms with Gasteiger partial charge in [-0.25, -0.2) is 4.98 Å². The molecule has 2 aromatic rings. The molecule has 0 radical (unpaired) electrons. The Labute approximate surface area is 124 Å². The van der Waals surface area contributed by atoms with Crippen molar-refractivity contribution in [2.75, 3.05) is 7.11 Å². The highest BCUT2D eigenvalue weighted by molar-refractivity contribution is 7.09. The number of nitrogens with zero attached hydrogens (tertiary/aromatic N) is 1. The van der Waals surface area contributed by atoms with Crippen molar-refractivity contribution in [1.29, 1.82) is 0 Å². The van der Waals surface area contributed by atoms with E-state index in [4.69, 9.17) is 4.74 Å². The molecule has 1 N–H and O–H groups in total. The number of rotatable bonds is 5. The monoisotopic (exact) mass is 288 g/mol.